The molecule has 0 aromatic heterocycles. The summed E-state index contributed by atoms with van der Waals surface area (Å²) < 4.78 is 4.84. The molecule has 1 unspecified atom stereocenters. The predicted octanol–water partition coefficient (Wildman–Crippen LogP) is 1.27. The minimum Gasteiger partial charge on any atom is -0.480 e. The first-order valence-corrected chi connectivity index (χ1v) is 6.90. The van der Waals surface area contributed by atoms with E-state index < -0.39 is 12.0 Å². The topological polar surface area (TPSA) is 87.7 Å². The van der Waals surface area contributed by atoms with E-state index in [1.807, 2.05) is 24.3 Å². The average molecular weight is 294 g/mol. The quantitative estimate of drug-likeness (QED) is 0.597. The van der Waals surface area contributed by atoms with Crippen molar-refractivity contribution in [2.24, 2.45) is 0 Å². The third-order valence-electron chi connectivity index (χ3n) is 3.03. The van der Waals surface area contributed by atoms with Gasteiger partial charge in [0, 0.05) is 19.3 Å². The molecule has 0 saturated heterocycles. The molecule has 0 spiro atoms. The molecule has 1 rings (SSSR count). The summed E-state index contributed by atoms with van der Waals surface area (Å²) in [7, 11) is 1.53. The molecule has 0 radical (unpaired) electrons. The maximum absolute atomic E-state index is 11.9. The number of aryl methyl sites for hydroxylation is 1. The van der Waals surface area contributed by atoms with E-state index >= 15 is 0 Å². The van der Waals surface area contributed by atoms with Crippen molar-refractivity contribution in [3.05, 3.63) is 29.8 Å². The van der Waals surface area contributed by atoms with Crippen LogP contribution in [0.4, 0.5) is 5.69 Å². The second-order valence-electron chi connectivity index (χ2n) is 4.64. The van der Waals surface area contributed by atoms with Crippen LogP contribution in [0.3, 0.4) is 0 Å². The Kier molecular flexibility index (Phi) is 7.42. The van der Waals surface area contributed by atoms with Crippen LogP contribution in [-0.4, -0.2) is 43.3 Å². The number of carboxylic acids is 1. The van der Waals surface area contributed by atoms with Gasteiger partial charge in [0.2, 0.25) is 5.91 Å². The normalized spacial score (nSPS) is 11.9. The monoisotopic (exact) mass is 294 g/mol. The van der Waals surface area contributed by atoms with E-state index in [4.69, 9.17) is 9.84 Å². The Hall–Kier alpha value is -1.92. The summed E-state index contributed by atoms with van der Waals surface area (Å²) in [4.78, 5) is 23.0. The van der Waals surface area contributed by atoms with Crippen molar-refractivity contribution >= 4 is 17.6 Å². The van der Waals surface area contributed by atoms with Crippen LogP contribution in [0, 0.1) is 0 Å². The van der Waals surface area contributed by atoms with Crippen molar-refractivity contribution in [1.82, 2.24) is 5.32 Å². The predicted molar refractivity (Wildman–Crippen MR) is 80.4 cm³/mol. The maximum atomic E-state index is 11.9. The highest BCUT2D eigenvalue weighted by molar-refractivity contribution is 5.94. The minimum absolute atomic E-state index is 0.130. The molecule has 21 heavy (non-hydrogen) atoms. The molecule has 3 N–H and O–H groups in total. The van der Waals surface area contributed by atoms with Crippen molar-refractivity contribution < 1.29 is 19.4 Å². The van der Waals surface area contributed by atoms with Crippen LogP contribution in [0.2, 0.25) is 0 Å². The lowest BCUT2D eigenvalue weighted by molar-refractivity contribution is -0.141. The van der Waals surface area contributed by atoms with Crippen molar-refractivity contribution in [2.45, 2.75) is 25.8 Å². The van der Waals surface area contributed by atoms with Gasteiger partial charge in [0.25, 0.3) is 0 Å². The summed E-state index contributed by atoms with van der Waals surface area (Å²) in [5.74, 6) is -1.39. The lowest BCUT2D eigenvalue weighted by Crippen LogP contribution is -2.41. The number of hydrogen-bond donors (Lipinski definition) is 3. The molecule has 0 fully saturated rings. The summed E-state index contributed by atoms with van der Waals surface area (Å²) in [6, 6.07) is 6.56. The molecule has 1 atom stereocenters. The molecule has 1 aromatic rings. The highest BCUT2D eigenvalue weighted by Gasteiger charge is 2.20. The number of carbonyl (C=O) groups is 2. The van der Waals surface area contributed by atoms with Crippen molar-refractivity contribution in [3.63, 3.8) is 0 Å². The van der Waals surface area contributed by atoms with Crippen LogP contribution >= 0.6 is 0 Å². The fourth-order valence-corrected chi connectivity index (χ4v) is 1.80. The second-order valence-corrected chi connectivity index (χ2v) is 4.64. The molecular weight excluding hydrogens is 272 g/mol. The van der Waals surface area contributed by atoms with E-state index in [1.165, 1.54) is 12.7 Å². The Morgan fingerprint density at radius 1 is 1.29 bits per heavy atom. The third kappa shape index (κ3) is 6.37. The number of amides is 1. The third-order valence-corrected chi connectivity index (χ3v) is 3.03. The first kappa shape index (κ1) is 17.1. The maximum Gasteiger partial charge on any atom is 0.321 e. The highest BCUT2D eigenvalue weighted by atomic mass is 16.5. The summed E-state index contributed by atoms with van der Waals surface area (Å²) in [6.45, 7) is 2.83. The van der Waals surface area contributed by atoms with Gasteiger partial charge in [-0.05, 0) is 24.1 Å². The molecule has 0 aliphatic rings. The van der Waals surface area contributed by atoms with Gasteiger partial charge in [0.05, 0.1) is 13.0 Å². The van der Waals surface area contributed by atoms with Crippen LogP contribution in [0.5, 0.6) is 0 Å². The van der Waals surface area contributed by atoms with Crippen molar-refractivity contribution in [2.75, 3.05) is 25.6 Å². The van der Waals surface area contributed by atoms with Gasteiger partial charge < -0.3 is 20.5 Å². The highest BCUT2D eigenvalue weighted by Crippen LogP contribution is 2.10. The fraction of sp³-hybridized carbons (Fsp3) is 0.467. The van der Waals surface area contributed by atoms with Gasteiger partial charge >= 0.3 is 5.97 Å². The van der Waals surface area contributed by atoms with Gasteiger partial charge in [-0.3, -0.25) is 9.59 Å². The van der Waals surface area contributed by atoms with Crippen LogP contribution < -0.4 is 10.6 Å². The Balaban J connectivity index is 2.50. The number of hydrogen-bond acceptors (Lipinski definition) is 4. The van der Waals surface area contributed by atoms with Crippen molar-refractivity contribution in [1.29, 1.82) is 0 Å². The SMILES string of the molecule is CCc1ccc(NC(=O)CC(NCCOC)C(=O)O)cc1. The summed E-state index contributed by atoms with van der Waals surface area (Å²) in [6.07, 6.45) is 0.799. The number of aliphatic carboxylic acids is 1. The van der Waals surface area contributed by atoms with Gasteiger partial charge in [-0.15, -0.1) is 0 Å². The number of benzene rings is 1. The Bertz CT molecular complexity index is 459. The number of methoxy groups -OCH3 is 1. The number of rotatable bonds is 9. The standard InChI is InChI=1S/C15H22N2O4/c1-3-11-4-6-12(7-5-11)17-14(18)10-13(15(19)20)16-8-9-21-2/h4-7,13,16H,3,8-10H2,1-2H3,(H,17,18)(H,19,20). The average Bonchev–Trinajstić information content (AvgIpc) is 2.47. The van der Waals surface area contributed by atoms with Gasteiger partial charge in [-0.1, -0.05) is 19.1 Å². The van der Waals surface area contributed by atoms with E-state index in [2.05, 4.69) is 17.6 Å². The van der Waals surface area contributed by atoms with E-state index in [0.29, 0.717) is 18.8 Å². The molecule has 0 aliphatic heterocycles. The molecular formula is C15H22N2O4. The van der Waals surface area contributed by atoms with E-state index in [1.54, 1.807) is 0 Å². The van der Waals surface area contributed by atoms with Gasteiger partial charge in [-0.25, -0.2) is 0 Å². The molecule has 0 saturated carbocycles. The zero-order valence-electron chi connectivity index (χ0n) is 12.4. The zero-order chi connectivity index (χ0) is 15.7. The molecule has 116 valence electrons. The number of carbonyl (C=O) groups excluding carboxylic acids is 1. The lowest BCUT2D eigenvalue weighted by atomic mass is 10.1. The number of carboxylic acid groups (broad SMARTS) is 1. The molecule has 6 nitrogen and oxygen atoms in total. The number of ether oxygens (including phenoxy) is 1. The van der Waals surface area contributed by atoms with Crippen LogP contribution in [0.15, 0.2) is 24.3 Å². The zero-order valence-corrected chi connectivity index (χ0v) is 12.4. The molecule has 0 bridgehead atoms. The van der Waals surface area contributed by atoms with Crippen LogP contribution in [-0.2, 0) is 20.7 Å². The molecule has 1 amide bonds. The number of anilines is 1. The summed E-state index contributed by atoms with van der Waals surface area (Å²) in [5.41, 5.74) is 1.84. The first-order chi connectivity index (χ1) is 10.1. The molecule has 0 aliphatic carbocycles. The molecule has 6 heteroatoms. The van der Waals surface area contributed by atoms with Gasteiger partial charge in [0.1, 0.15) is 6.04 Å². The minimum atomic E-state index is -1.05. The number of nitrogens with one attached hydrogen (secondary N) is 2. The van der Waals surface area contributed by atoms with Gasteiger partial charge in [0.15, 0.2) is 0 Å². The van der Waals surface area contributed by atoms with E-state index in [-0.39, 0.29) is 12.3 Å². The second kappa shape index (κ2) is 9.10. The van der Waals surface area contributed by atoms with Crippen molar-refractivity contribution in [3.8, 4) is 0 Å². The molecule has 0 heterocycles. The Morgan fingerprint density at radius 3 is 2.48 bits per heavy atom. The fourth-order valence-electron chi connectivity index (χ4n) is 1.80. The largest absolute Gasteiger partial charge is 0.480 e. The first-order valence-electron chi connectivity index (χ1n) is 6.90. The van der Waals surface area contributed by atoms with Crippen LogP contribution in [0.1, 0.15) is 18.9 Å². The smallest absolute Gasteiger partial charge is 0.321 e. The molecule has 1 aromatic carbocycles. The van der Waals surface area contributed by atoms with Crippen LogP contribution in [0.25, 0.3) is 0 Å². The lowest BCUT2D eigenvalue weighted by Gasteiger charge is -2.14. The van der Waals surface area contributed by atoms with Gasteiger partial charge in [-0.2, -0.15) is 0 Å². The summed E-state index contributed by atoms with van der Waals surface area (Å²) >= 11 is 0. The summed E-state index contributed by atoms with van der Waals surface area (Å²) in [5, 5.41) is 14.5. The Labute approximate surface area is 124 Å². The Morgan fingerprint density at radius 2 is 1.95 bits per heavy atom. The van der Waals surface area contributed by atoms with E-state index in [9.17, 15) is 9.59 Å². The van der Waals surface area contributed by atoms with E-state index in [0.717, 1.165) is 6.42 Å².